The zero-order chi connectivity index (χ0) is 16.1. The fourth-order valence-corrected chi connectivity index (χ4v) is 2.09. The smallest absolute Gasteiger partial charge is 0.363 e. The summed E-state index contributed by atoms with van der Waals surface area (Å²) in [6, 6.07) is 17.1. The first kappa shape index (κ1) is 14.8. The molecule has 3 rings (SSSR count). The molecule has 0 atom stereocenters. The second-order valence-electron chi connectivity index (χ2n) is 4.89. The molecule has 0 saturated carbocycles. The summed E-state index contributed by atoms with van der Waals surface area (Å²) in [7, 11) is 1.62. The maximum Gasteiger partial charge on any atom is 0.363 e. The SMILES string of the molecule is COc1ccc(/C=C/C2=NC(=Cc3ccccc3)C(=O)O2)cc1. The average Bonchev–Trinajstić information content (AvgIpc) is 2.94. The monoisotopic (exact) mass is 305 g/mol. The van der Waals surface area contributed by atoms with Gasteiger partial charge in [0.25, 0.3) is 0 Å². The number of rotatable bonds is 4. The second kappa shape index (κ2) is 6.75. The molecule has 1 aliphatic rings. The molecule has 4 heteroatoms. The summed E-state index contributed by atoms with van der Waals surface area (Å²) in [5.41, 5.74) is 2.17. The Morgan fingerprint density at radius 2 is 1.70 bits per heavy atom. The molecule has 0 spiro atoms. The van der Waals surface area contributed by atoms with Crippen molar-refractivity contribution in [3.8, 4) is 5.75 Å². The van der Waals surface area contributed by atoms with Crippen molar-refractivity contribution in [2.24, 2.45) is 4.99 Å². The number of benzene rings is 2. The summed E-state index contributed by atoms with van der Waals surface area (Å²) < 4.78 is 10.3. The van der Waals surface area contributed by atoms with E-state index in [1.807, 2.05) is 60.7 Å². The minimum Gasteiger partial charge on any atom is -0.497 e. The van der Waals surface area contributed by atoms with E-state index in [1.165, 1.54) is 0 Å². The van der Waals surface area contributed by atoms with Crippen molar-refractivity contribution in [2.45, 2.75) is 0 Å². The largest absolute Gasteiger partial charge is 0.497 e. The van der Waals surface area contributed by atoms with Crippen LogP contribution in [0.1, 0.15) is 11.1 Å². The van der Waals surface area contributed by atoms with Gasteiger partial charge in [-0.2, -0.15) is 0 Å². The maximum atomic E-state index is 11.8. The van der Waals surface area contributed by atoms with Crippen molar-refractivity contribution >= 4 is 24.0 Å². The van der Waals surface area contributed by atoms with Crippen LogP contribution in [0.3, 0.4) is 0 Å². The van der Waals surface area contributed by atoms with E-state index in [1.54, 1.807) is 19.3 Å². The summed E-state index contributed by atoms with van der Waals surface area (Å²) in [6.07, 6.45) is 5.21. The van der Waals surface area contributed by atoms with Crippen LogP contribution in [0.4, 0.5) is 0 Å². The van der Waals surface area contributed by atoms with Crippen LogP contribution in [0.15, 0.2) is 71.4 Å². The summed E-state index contributed by atoms with van der Waals surface area (Å²) in [6.45, 7) is 0. The highest BCUT2D eigenvalue weighted by Crippen LogP contribution is 2.17. The number of ether oxygens (including phenoxy) is 2. The van der Waals surface area contributed by atoms with E-state index < -0.39 is 5.97 Å². The topological polar surface area (TPSA) is 47.9 Å². The standard InChI is InChI=1S/C19H15NO3/c1-22-16-10-7-14(8-11-16)9-12-18-20-17(19(21)23-18)13-15-5-3-2-4-6-15/h2-13H,1H3/b12-9+,17-13?. The number of cyclic esters (lactones) is 1. The molecule has 0 N–H and O–H groups in total. The molecule has 4 nitrogen and oxygen atoms in total. The van der Waals surface area contributed by atoms with E-state index in [0.29, 0.717) is 5.70 Å². The van der Waals surface area contributed by atoms with E-state index >= 15 is 0 Å². The molecule has 1 aliphatic heterocycles. The normalized spacial score (nSPS) is 15.8. The Kier molecular flexibility index (Phi) is 4.34. The highest BCUT2D eigenvalue weighted by atomic mass is 16.6. The first-order chi connectivity index (χ1) is 11.2. The van der Waals surface area contributed by atoms with Gasteiger partial charge in [0.1, 0.15) is 5.75 Å². The lowest BCUT2D eigenvalue weighted by Crippen LogP contribution is -2.01. The van der Waals surface area contributed by atoms with Crippen LogP contribution >= 0.6 is 0 Å². The summed E-state index contributed by atoms with van der Waals surface area (Å²) in [5, 5.41) is 0. The fourth-order valence-electron chi connectivity index (χ4n) is 2.09. The Bertz CT molecular complexity index is 787. The predicted octanol–water partition coefficient (Wildman–Crippen LogP) is 3.70. The minimum absolute atomic E-state index is 0.285. The Labute approximate surface area is 134 Å². The van der Waals surface area contributed by atoms with Gasteiger partial charge in [-0.15, -0.1) is 0 Å². The maximum absolute atomic E-state index is 11.8. The van der Waals surface area contributed by atoms with Crippen LogP contribution in [0.2, 0.25) is 0 Å². The molecular formula is C19H15NO3. The third kappa shape index (κ3) is 3.74. The van der Waals surface area contributed by atoms with Gasteiger partial charge < -0.3 is 9.47 Å². The molecular weight excluding hydrogens is 290 g/mol. The summed E-state index contributed by atoms with van der Waals surface area (Å²) in [4.78, 5) is 16.0. The van der Waals surface area contributed by atoms with E-state index in [2.05, 4.69) is 4.99 Å². The van der Waals surface area contributed by atoms with E-state index in [4.69, 9.17) is 9.47 Å². The molecule has 2 aromatic carbocycles. The van der Waals surface area contributed by atoms with Crippen molar-refractivity contribution < 1.29 is 14.3 Å². The number of esters is 1. The van der Waals surface area contributed by atoms with Crippen molar-refractivity contribution in [2.75, 3.05) is 7.11 Å². The van der Waals surface area contributed by atoms with E-state index in [-0.39, 0.29) is 5.90 Å². The van der Waals surface area contributed by atoms with Crippen LogP contribution in [0, 0.1) is 0 Å². The Morgan fingerprint density at radius 3 is 2.39 bits per heavy atom. The predicted molar refractivity (Wildman–Crippen MR) is 90.0 cm³/mol. The lowest BCUT2D eigenvalue weighted by molar-refractivity contribution is -0.129. The van der Waals surface area contributed by atoms with Crippen LogP contribution < -0.4 is 4.74 Å². The van der Waals surface area contributed by atoms with Gasteiger partial charge in [0.15, 0.2) is 5.70 Å². The fraction of sp³-hybridized carbons (Fsp3) is 0.0526. The number of carbonyl (C=O) groups is 1. The highest BCUT2D eigenvalue weighted by molar-refractivity contribution is 6.11. The summed E-state index contributed by atoms with van der Waals surface area (Å²) in [5.74, 6) is 0.635. The van der Waals surface area contributed by atoms with Gasteiger partial charge in [-0.3, -0.25) is 0 Å². The second-order valence-corrected chi connectivity index (χ2v) is 4.89. The van der Waals surface area contributed by atoms with Crippen molar-refractivity contribution in [1.29, 1.82) is 0 Å². The van der Waals surface area contributed by atoms with Crippen molar-refractivity contribution in [3.63, 3.8) is 0 Å². The number of methoxy groups -OCH3 is 1. The molecule has 0 aliphatic carbocycles. The van der Waals surface area contributed by atoms with Gasteiger partial charge in [-0.1, -0.05) is 42.5 Å². The molecule has 114 valence electrons. The number of hydrogen-bond acceptors (Lipinski definition) is 4. The first-order valence-electron chi connectivity index (χ1n) is 7.14. The van der Waals surface area contributed by atoms with Gasteiger partial charge in [-0.05, 0) is 35.4 Å². The number of carbonyl (C=O) groups excluding carboxylic acids is 1. The summed E-state index contributed by atoms with van der Waals surface area (Å²) >= 11 is 0. The molecule has 0 amide bonds. The third-order valence-corrected chi connectivity index (χ3v) is 3.27. The lowest BCUT2D eigenvalue weighted by Gasteiger charge is -1.98. The van der Waals surface area contributed by atoms with Gasteiger partial charge in [0.2, 0.25) is 5.90 Å². The molecule has 1 heterocycles. The zero-order valence-electron chi connectivity index (χ0n) is 12.6. The molecule has 0 radical (unpaired) electrons. The highest BCUT2D eigenvalue weighted by Gasteiger charge is 2.20. The Balaban J connectivity index is 1.75. The van der Waals surface area contributed by atoms with Crippen molar-refractivity contribution in [1.82, 2.24) is 0 Å². The third-order valence-electron chi connectivity index (χ3n) is 3.27. The first-order valence-corrected chi connectivity index (χ1v) is 7.14. The molecule has 0 bridgehead atoms. The molecule has 2 aromatic rings. The van der Waals surface area contributed by atoms with Gasteiger partial charge in [0, 0.05) is 6.08 Å². The Hall–Kier alpha value is -3.14. The molecule has 0 fully saturated rings. The Morgan fingerprint density at radius 1 is 0.957 bits per heavy atom. The minimum atomic E-state index is -0.441. The molecule has 0 aromatic heterocycles. The number of hydrogen-bond donors (Lipinski definition) is 0. The van der Waals surface area contributed by atoms with Gasteiger partial charge >= 0.3 is 5.97 Å². The lowest BCUT2D eigenvalue weighted by atomic mass is 10.2. The van der Waals surface area contributed by atoms with Crippen LogP contribution in [0.25, 0.3) is 12.2 Å². The van der Waals surface area contributed by atoms with Crippen LogP contribution in [-0.2, 0) is 9.53 Å². The molecule has 0 saturated heterocycles. The number of aliphatic imine (C=N–C) groups is 1. The average molecular weight is 305 g/mol. The van der Waals surface area contributed by atoms with E-state index in [9.17, 15) is 4.79 Å². The van der Waals surface area contributed by atoms with Gasteiger partial charge in [-0.25, -0.2) is 9.79 Å². The zero-order valence-corrected chi connectivity index (χ0v) is 12.6. The van der Waals surface area contributed by atoms with Gasteiger partial charge in [0.05, 0.1) is 7.11 Å². The van der Waals surface area contributed by atoms with Crippen LogP contribution in [0.5, 0.6) is 5.75 Å². The molecule has 0 unspecified atom stereocenters. The van der Waals surface area contributed by atoms with Crippen molar-refractivity contribution in [3.05, 3.63) is 77.5 Å². The van der Waals surface area contributed by atoms with Crippen LogP contribution in [-0.4, -0.2) is 19.0 Å². The number of nitrogens with zero attached hydrogens (tertiary/aromatic N) is 1. The van der Waals surface area contributed by atoms with E-state index in [0.717, 1.165) is 16.9 Å². The molecule has 23 heavy (non-hydrogen) atoms. The quantitative estimate of drug-likeness (QED) is 0.639.